The van der Waals surface area contributed by atoms with E-state index >= 15 is 0 Å². The summed E-state index contributed by atoms with van der Waals surface area (Å²) < 4.78 is 10.1. The van der Waals surface area contributed by atoms with E-state index in [1.807, 2.05) is 6.92 Å². The molecule has 4 heteroatoms. The minimum atomic E-state index is -0.135. The van der Waals surface area contributed by atoms with E-state index in [2.05, 4.69) is 5.32 Å². The van der Waals surface area contributed by atoms with E-state index in [-0.39, 0.29) is 12.0 Å². The first kappa shape index (κ1) is 11.5. The van der Waals surface area contributed by atoms with Crippen molar-refractivity contribution in [2.24, 2.45) is 0 Å². The first-order valence-electron chi connectivity index (χ1n) is 5.32. The van der Waals surface area contributed by atoms with Crippen molar-refractivity contribution in [2.75, 3.05) is 26.4 Å². The lowest BCUT2D eigenvalue weighted by molar-refractivity contribution is -0.148. The fourth-order valence-electron chi connectivity index (χ4n) is 1.50. The highest BCUT2D eigenvalue weighted by atomic mass is 16.6. The Balaban J connectivity index is 2.07. The molecule has 1 atom stereocenters. The van der Waals surface area contributed by atoms with E-state index in [4.69, 9.17) is 9.47 Å². The number of nitrogens with one attached hydrogen (secondary N) is 1. The minimum absolute atomic E-state index is 0.0922. The van der Waals surface area contributed by atoms with Gasteiger partial charge < -0.3 is 14.8 Å². The van der Waals surface area contributed by atoms with Crippen LogP contribution < -0.4 is 5.32 Å². The van der Waals surface area contributed by atoms with E-state index in [0.717, 1.165) is 25.8 Å². The van der Waals surface area contributed by atoms with Crippen LogP contribution in [0.25, 0.3) is 0 Å². The summed E-state index contributed by atoms with van der Waals surface area (Å²) in [5.74, 6) is -0.135. The summed E-state index contributed by atoms with van der Waals surface area (Å²) in [6, 6.07) is -0.0922. The lowest BCUT2D eigenvalue weighted by Crippen LogP contribution is -2.41. The molecule has 0 amide bonds. The molecule has 1 aliphatic heterocycles. The second-order valence-corrected chi connectivity index (χ2v) is 3.37. The highest BCUT2D eigenvalue weighted by Gasteiger charge is 2.21. The maximum absolute atomic E-state index is 11.4. The van der Waals surface area contributed by atoms with Gasteiger partial charge in [-0.1, -0.05) is 6.42 Å². The first-order chi connectivity index (χ1) is 6.84. The highest BCUT2D eigenvalue weighted by molar-refractivity contribution is 5.75. The van der Waals surface area contributed by atoms with Crippen LogP contribution in [-0.2, 0) is 14.3 Å². The topological polar surface area (TPSA) is 47.6 Å². The molecule has 1 heterocycles. The van der Waals surface area contributed by atoms with E-state index in [1.54, 1.807) is 0 Å². The summed E-state index contributed by atoms with van der Waals surface area (Å²) in [6.07, 6.45) is 3.16. The maximum Gasteiger partial charge on any atom is 0.323 e. The van der Waals surface area contributed by atoms with Crippen molar-refractivity contribution >= 4 is 5.97 Å². The molecule has 0 aromatic carbocycles. The van der Waals surface area contributed by atoms with E-state index in [1.165, 1.54) is 0 Å². The summed E-state index contributed by atoms with van der Waals surface area (Å²) >= 11 is 0. The van der Waals surface area contributed by atoms with Crippen molar-refractivity contribution < 1.29 is 14.3 Å². The van der Waals surface area contributed by atoms with E-state index < -0.39 is 0 Å². The van der Waals surface area contributed by atoms with Crippen molar-refractivity contribution in [3.63, 3.8) is 0 Å². The summed E-state index contributed by atoms with van der Waals surface area (Å²) in [5, 5.41) is 3.14. The van der Waals surface area contributed by atoms with Crippen LogP contribution in [0.4, 0.5) is 0 Å². The van der Waals surface area contributed by atoms with Crippen LogP contribution in [0, 0.1) is 0 Å². The van der Waals surface area contributed by atoms with Crippen LogP contribution in [-0.4, -0.2) is 38.4 Å². The zero-order valence-corrected chi connectivity index (χ0v) is 8.75. The molecule has 0 aliphatic carbocycles. The quantitative estimate of drug-likeness (QED) is 0.525. The number of hydrogen-bond donors (Lipinski definition) is 1. The predicted molar refractivity (Wildman–Crippen MR) is 53.1 cm³/mol. The SMILES string of the molecule is CCOCCOC(=O)[C@@H]1CCCCN1. The molecule has 0 unspecified atom stereocenters. The van der Waals surface area contributed by atoms with E-state index in [9.17, 15) is 4.79 Å². The van der Waals surface area contributed by atoms with Crippen LogP contribution in [0.3, 0.4) is 0 Å². The number of piperidine rings is 1. The molecule has 0 saturated carbocycles. The number of carbonyl (C=O) groups excluding carboxylic acids is 1. The number of esters is 1. The lowest BCUT2D eigenvalue weighted by Gasteiger charge is -2.21. The van der Waals surface area contributed by atoms with Crippen LogP contribution in [0.2, 0.25) is 0 Å². The van der Waals surface area contributed by atoms with Gasteiger partial charge in [-0.2, -0.15) is 0 Å². The largest absolute Gasteiger partial charge is 0.462 e. The van der Waals surface area contributed by atoms with Gasteiger partial charge in [0.25, 0.3) is 0 Å². The van der Waals surface area contributed by atoms with Gasteiger partial charge in [0, 0.05) is 6.61 Å². The van der Waals surface area contributed by atoms with Gasteiger partial charge in [0.05, 0.1) is 6.61 Å². The first-order valence-corrected chi connectivity index (χ1v) is 5.32. The average molecular weight is 201 g/mol. The zero-order valence-electron chi connectivity index (χ0n) is 8.75. The third kappa shape index (κ3) is 4.07. The third-order valence-electron chi connectivity index (χ3n) is 2.27. The molecular weight excluding hydrogens is 182 g/mol. The minimum Gasteiger partial charge on any atom is -0.462 e. The number of hydrogen-bond acceptors (Lipinski definition) is 4. The highest BCUT2D eigenvalue weighted by Crippen LogP contribution is 2.07. The molecule has 0 aromatic rings. The van der Waals surface area contributed by atoms with Crippen LogP contribution in [0.1, 0.15) is 26.2 Å². The fraction of sp³-hybridized carbons (Fsp3) is 0.900. The molecule has 82 valence electrons. The Morgan fingerprint density at radius 1 is 1.43 bits per heavy atom. The fourth-order valence-corrected chi connectivity index (χ4v) is 1.50. The molecule has 14 heavy (non-hydrogen) atoms. The molecule has 1 saturated heterocycles. The third-order valence-corrected chi connectivity index (χ3v) is 2.27. The number of ether oxygens (including phenoxy) is 2. The second-order valence-electron chi connectivity index (χ2n) is 3.37. The normalized spacial score (nSPS) is 21.9. The van der Waals surface area contributed by atoms with Crippen LogP contribution >= 0.6 is 0 Å². The monoisotopic (exact) mass is 201 g/mol. The summed E-state index contributed by atoms with van der Waals surface area (Å²) in [7, 11) is 0. The Hall–Kier alpha value is -0.610. The van der Waals surface area contributed by atoms with Crippen molar-refractivity contribution in [3.8, 4) is 0 Å². The van der Waals surface area contributed by atoms with Gasteiger partial charge in [-0.15, -0.1) is 0 Å². The van der Waals surface area contributed by atoms with Crippen LogP contribution in [0.5, 0.6) is 0 Å². The molecule has 1 fully saturated rings. The van der Waals surface area contributed by atoms with Gasteiger partial charge in [-0.25, -0.2) is 0 Å². The van der Waals surface area contributed by atoms with Gasteiger partial charge in [-0.3, -0.25) is 4.79 Å². The molecule has 0 aromatic heterocycles. The molecule has 0 radical (unpaired) electrons. The maximum atomic E-state index is 11.4. The summed E-state index contributed by atoms with van der Waals surface area (Å²) in [4.78, 5) is 11.4. The lowest BCUT2D eigenvalue weighted by atomic mass is 10.1. The number of carbonyl (C=O) groups is 1. The molecule has 0 bridgehead atoms. The molecule has 1 N–H and O–H groups in total. The Morgan fingerprint density at radius 3 is 2.93 bits per heavy atom. The van der Waals surface area contributed by atoms with Crippen molar-refractivity contribution in [1.29, 1.82) is 0 Å². The van der Waals surface area contributed by atoms with Gasteiger partial charge in [-0.05, 0) is 26.3 Å². The van der Waals surface area contributed by atoms with Crippen LogP contribution in [0.15, 0.2) is 0 Å². The summed E-state index contributed by atoms with van der Waals surface area (Å²) in [6.45, 7) is 4.37. The van der Waals surface area contributed by atoms with Crippen molar-refractivity contribution in [2.45, 2.75) is 32.2 Å². The average Bonchev–Trinajstić information content (AvgIpc) is 2.25. The standard InChI is InChI=1S/C10H19NO3/c1-2-13-7-8-14-10(12)9-5-3-4-6-11-9/h9,11H,2-8H2,1H3/t9-/m0/s1. The van der Waals surface area contributed by atoms with Gasteiger partial charge in [0.15, 0.2) is 0 Å². The van der Waals surface area contributed by atoms with E-state index in [0.29, 0.717) is 19.8 Å². The van der Waals surface area contributed by atoms with Crippen molar-refractivity contribution in [1.82, 2.24) is 5.32 Å². The Labute approximate surface area is 85.0 Å². The van der Waals surface area contributed by atoms with Crippen molar-refractivity contribution in [3.05, 3.63) is 0 Å². The predicted octanol–water partition coefficient (Wildman–Crippen LogP) is 0.708. The molecule has 4 nitrogen and oxygen atoms in total. The van der Waals surface area contributed by atoms with Gasteiger partial charge >= 0.3 is 5.97 Å². The molecule has 1 aliphatic rings. The second kappa shape index (κ2) is 6.79. The zero-order chi connectivity index (χ0) is 10.2. The Morgan fingerprint density at radius 2 is 2.29 bits per heavy atom. The summed E-state index contributed by atoms with van der Waals surface area (Å²) in [5.41, 5.74) is 0. The van der Waals surface area contributed by atoms with Gasteiger partial charge in [0.1, 0.15) is 12.6 Å². The Bertz CT molecular complexity index is 167. The smallest absolute Gasteiger partial charge is 0.323 e. The molecule has 1 rings (SSSR count). The van der Waals surface area contributed by atoms with Gasteiger partial charge in [0.2, 0.25) is 0 Å². The Kier molecular flexibility index (Phi) is 5.56. The number of rotatable bonds is 5. The molecule has 0 spiro atoms. The molecular formula is C10H19NO3.